The maximum Gasteiger partial charge on any atom is 0.417 e. The van der Waals surface area contributed by atoms with Gasteiger partial charge in [-0.3, -0.25) is 0 Å². The van der Waals surface area contributed by atoms with Gasteiger partial charge < -0.3 is 14.5 Å². The lowest BCUT2D eigenvalue weighted by molar-refractivity contribution is -0.137. The van der Waals surface area contributed by atoms with Crippen molar-refractivity contribution in [3.05, 3.63) is 51.5 Å². The molecule has 0 amide bonds. The fraction of sp³-hybridized carbons (Fsp3) is 0.333. The van der Waals surface area contributed by atoms with E-state index in [9.17, 15) is 13.2 Å². The van der Waals surface area contributed by atoms with Crippen molar-refractivity contribution in [1.29, 1.82) is 0 Å². The van der Waals surface area contributed by atoms with E-state index < -0.39 is 11.7 Å². The van der Waals surface area contributed by atoms with Crippen LogP contribution in [0.5, 0.6) is 5.75 Å². The highest BCUT2D eigenvalue weighted by atomic mass is 79.9. The van der Waals surface area contributed by atoms with Crippen LogP contribution in [0.4, 0.5) is 24.5 Å². The van der Waals surface area contributed by atoms with E-state index in [1.54, 1.807) is 13.2 Å². The van der Waals surface area contributed by atoms with E-state index in [1.807, 2.05) is 23.1 Å². The summed E-state index contributed by atoms with van der Waals surface area (Å²) in [6, 6.07) is 9.92. The Morgan fingerprint density at radius 3 is 2.00 bits per heavy atom. The first-order valence-electron chi connectivity index (χ1n) is 8.00. The highest BCUT2D eigenvalue weighted by Crippen LogP contribution is 2.37. The quantitative estimate of drug-likeness (QED) is 0.619. The molecule has 3 nitrogen and oxygen atoms in total. The smallest absolute Gasteiger partial charge is 0.417 e. The van der Waals surface area contributed by atoms with E-state index in [1.165, 1.54) is 6.07 Å². The highest BCUT2D eigenvalue weighted by molar-refractivity contribution is 9.10. The monoisotopic (exact) mass is 448 g/mol. The molecule has 8 heteroatoms. The number of benzene rings is 2. The Morgan fingerprint density at radius 1 is 0.962 bits per heavy atom. The van der Waals surface area contributed by atoms with Crippen molar-refractivity contribution in [1.82, 2.24) is 0 Å². The van der Waals surface area contributed by atoms with Crippen LogP contribution in [0.15, 0.2) is 40.9 Å². The van der Waals surface area contributed by atoms with Crippen LogP contribution in [0.25, 0.3) is 0 Å². The van der Waals surface area contributed by atoms with Crippen LogP contribution < -0.4 is 14.5 Å². The molecule has 1 heterocycles. The van der Waals surface area contributed by atoms with Gasteiger partial charge in [0.05, 0.1) is 22.2 Å². The lowest BCUT2D eigenvalue weighted by Gasteiger charge is -2.37. The lowest BCUT2D eigenvalue weighted by atomic mass is 10.1. The lowest BCUT2D eigenvalue weighted by Crippen LogP contribution is -2.46. The van der Waals surface area contributed by atoms with E-state index in [4.69, 9.17) is 16.3 Å². The van der Waals surface area contributed by atoms with Crippen LogP contribution in [-0.2, 0) is 6.18 Å². The topological polar surface area (TPSA) is 15.7 Å². The van der Waals surface area contributed by atoms with Gasteiger partial charge in [-0.15, -0.1) is 0 Å². The molecule has 1 saturated heterocycles. The summed E-state index contributed by atoms with van der Waals surface area (Å²) in [6.45, 7) is 2.68. The van der Waals surface area contributed by atoms with Gasteiger partial charge in [0.1, 0.15) is 5.75 Å². The van der Waals surface area contributed by atoms with Gasteiger partial charge >= 0.3 is 6.18 Å². The molecule has 0 radical (unpaired) electrons. The number of rotatable bonds is 3. The predicted octanol–water partition coefficient (Wildman–Crippen LogP) is 5.46. The minimum atomic E-state index is -4.45. The SMILES string of the molecule is COc1ccc(N2CCN(c3ccc(Cl)c(C(F)(F)F)c3)CC2)cc1Br. The zero-order valence-electron chi connectivity index (χ0n) is 14.0. The number of anilines is 2. The molecule has 0 aromatic heterocycles. The van der Waals surface area contributed by atoms with Crippen LogP contribution in [0, 0.1) is 0 Å². The van der Waals surface area contributed by atoms with Crippen LogP contribution in [0.3, 0.4) is 0 Å². The molecule has 1 fully saturated rings. The van der Waals surface area contributed by atoms with E-state index in [2.05, 4.69) is 20.8 Å². The fourth-order valence-corrected chi connectivity index (χ4v) is 3.76. The molecule has 3 rings (SSSR count). The van der Waals surface area contributed by atoms with E-state index >= 15 is 0 Å². The van der Waals surface area contributed by atoms with Gasteiger partial charge in [0.15, 0.2) is 0 Å². The molecule has 0 atom stereocenters. The molecule has 2 aromatic carbocycles. The maximum atomic E-state index is 13.1. The minimum Gasteiger partial charge on any atom is -0.496 e. The van der Waals surface area contributed by atoms with E-state index in [0.29, 0.717) is 31.9 Å². The van der Waals surface area contributed by atoms with Gasteiger partial charge in [0.2, 0.25) is 0 Å². The molecular weight excluding hydrogens is 433 g/mol. The zero-order chi connectivity index (χ0) is 18.9. The standard InChI is InChI=1S/C18H17BrClF3N2O/c1-26-17-5-3-13(11-15(17)19)25-8-6-24(7-9-25)12-2-4-16(20)14(10-12)18(21,22)23/h2-5,10-11H,6-9H2,1H3. The summed E-state index contributed by atoms with van der Waals surface area (Å²) in [7, 11) is 1.61. The summed E-state index contributed by atoms with van der Waals surface area (Å²) in [5, 5.41) is -0.275. The Kier molecular flexibility index (Phi) is 5.58. The summed E-state index contributed by atoms with van der Waals surface area (Å²) in [5.74, 6) is 0.758. The summed E-state index contributed by atoms with van der Waals surface area (Å²) >= 11 is 9.18. The minimum absolute atomic E-state index is 0.275. The maximum absolute atomic E-state index is 13.1. The summed E-state index contributed by atoms with van der Waals surface area (Å²) in [4.78, 5) is 4.14. The predicted molar refractivity (Wildman–Crippen MR) is 102 cm³/mol. The Labute approximate surface area is 163 Å². The molecule has 1 aliphatic heterocycles. The van der Waals surface area contributed by atoms with Crippen molar-refractivity contribution in [2.24, 2.45) is 0 Å². The summed E-state index contributed by atoms with van der Waals surface area (Å²) < 4.78 is 45.3. The number of hydrogen-bond acceptors (Lipinski definition) is 3. The van der Waals surface area contributed by atoms with Gasteiger partial charge in [-0.1, -0.05) is 11.6 Å². The third-order valence-corrected chi connectivity index (χ3v) is 5.35. The number of hydrogen-bond donors (Lipinski definition) is 0. The molecule has 140 valence electrons. The number of methoxy groups -OCH3 is 1. The van der Waals surface area contributed by atoms with Gasteiger partial charge in [-0.25, -0.2) is 0 Å². The molecule has 0 saturated carbocycles. The third kappa shape index (κ3) is 4.04. The molecule has 0 aliphatic carbocycles. The van der Waals surface area contributed by atoms with Crippen LogP contribution >= 0.6 is 27.5 Å². The van der Waals surface area contributed by atoms with Crippen molar-refractivity contribution < 1.29 is 17.9 Å². The summed E-state index contributed by atoms with van der Waals surface area (Å²) in [5.41, 5.74) is 0.792. The summed E-state index contributed by atoms with van der Waals surface area (Å²) in [6.07, 6.45) is -4.45. The molecule has 0 unspecified atom stereocenters. The molecule has 2 aromatic rings. The van der Waals surface area contributed by atoms with Crippen molar-refractivity contribution in [2.45, 2.75) is 6.18 Å². The third-order valence-electron chi connectivity index (χ3n) is 4.40. The molecule has 0 bridgehead atoms. The number of piperazine rings is 1. The van der Waals surface area contributed by atoms with Gasteiger partial charge in [0.25, 0.3) is 0 Å². The Balaban J connectivity index is 1.72. The number of nitrogens with zero attached hydrogens (tertiary/aromatic N) is 2. The molecular formula is C18H17BrClF3N2O. The van der Waals surface area contributed by atoms with Crippen molar-refractivity contribution >= 4 is 38.9 Å². The molecule has 0 N–H and O–H groups in total. The molecule has 26 heavy (non-hydrogen) atoms. The second kappa shape index (κ2) is 7.56. The van der Waals surface area contributed by atoms with Crippen LogP contribution in [0.1, 0.15) is 5.56 Å². The van der Waals surface area contributed by atoms with Crippen molar-refractivity contribution in [3.63, 3.8) is 0 Å². The molecule has 0 spiro atoms. The van der Waals surface area contributed by atoms with Crippen LogP contribution in [0.2, 0.25) is 5.02 Å². The first-order chi connectivity index (χ1) is 12.3. The van der Waals surface area contributed by atoms with Crippen molar-refractivity contribution in [2.75, 3.05) is 43.1 Å². The molecule has 1 aliphatic rings. The van der Waals surface area contributed by atoms with E-state index in [-0.39, 0.29) is 5.02 Å². The first-order valence-corrected chi connectivity index (χ1v) is 9.17. The van der Waals surface area contributed by atoms with Gasteiger partial charge in [-0.2, -0.15) is 13.2 Å². The largest absolute Gasteiger partial charge is 0.496 e. The highest BCUT2D eigenvalue weighted by Gasteiger charge is 2.34. The average molecular weight is 450 g/mol. The van der Waals surface area contributed by atoms with Gasteiger partial charge in [0, 0.05) is 37.6 Å². The Bertz CT molecular complexity index is 792. The Morgan fingerprint density at radius 2 is 1.50 bits per heavy atom. The first kappa shape index (κ1) is 19.2. The van der Waals surface area contributed by atoms with Crippen LogP contribution in [-0.4, -0.2) is 33.3 Å². The zero-order valence-corrected chi connectivity index (χ0v) is 16.3. The average Bonchev–Trinajstić information content (AvgIpc) is 2.61. The second-order valence-electron chi connectivity index (χ2n) is 5.95. The van der Waals surface area contributed by atoms with E-state index in [0.717, 1.165) is 22.0 Å². The second-order valence-corrected chi connectivity index (χ2v) is 7.22. The van der Waals surface area contributed by atoms with Crippen molar-refractivity contribution in [3.8, 4) is 5.75 Å². The fourth-order valence-electron chi connectivity index (χ4n) is 3.00. The number of ether oxygens (including phenoxy) is 1. The van der Waals surface area contributed by atoms with Gasteiger partial charge in [-0.05, 0) is 52.3 Å². The normalized spacial score (nSPS) is 15.3. The number of alkyl halides is 3. The Hall–Kier alpha value is -1.60. The number of halogens is 5.